The molecule has 1 aromatic heterocycles. The zero-order valence-electron chi connectivity index (χ0n) is 19.2. The van der Waals surface area contributed by atoms with Crippen LogP contribution in [0.4, 0.5) is 0 Å². The standard InChI is InChI=1S/C26H29N5O3/c1-3-15-28-26(24(27)33-17-14-19-7-6-16-31(19)2)34-20-12-10-18(11-13-20)23(32)25-29-21-8-4-5-9-22(21)30-25/h3-5,8-13,15,19H,1,6-7,14,16-17,27H2,2H3,(H,29,30)/b26-24-,28-15?. The van der Waals surface area contributed by atoms with Gasteiger partial charge in [0.05, 0.1) is 17.6 Å². The van der Waals surface area contributed by atoms with Gasteiger partial charge < -0.3 is 25.1 Å². The van der Waals surface area contributed by atoms with Crippen molar-refractivity contribution in [2.24, 2.45) is 10.7 Å². The minimum absolute atomic E-state index is 0.0983. The summed E-state index contributed by atoms with van der Waals surface area (Å²) in [6.07, 6.45) is 6.27. The topological polar surface area (TPSA) is 106 Å². The van der Waals surface area contributed by atoms with Gasteiger partial charge in [-0.3, -0.25) is 4.79 Å². The van der Waals surface area contributed by atoms with Crippen LogP contribution in [-0.2, 0) is 4.74 Å². The molecule has 1 aliphatic heterocycles. The van der Waals surface area contributed by atoms with Crippen molar-refractivity contribution in [3.8, 4) is 5.75 Å². The number of hydrogen-bond donors (Lipinski definition) is 2. The van der Waals surface area contributed by atoms with Crippen molar-refractivity contribution in [2.45, 2.75) is 25.3 Å². The summed E-state index contributed by atoms with van der Waals surface area (Å²) < 4.78 is 11.6. The normalized spacial score (nSPS) is 17.1. The fraction of sp³-hybridized carbons (Fsp3) is 0.269. The van der Waals surface area contributed by atoms with Crippen LogP contribution in [0.1, 0.15) is 35.4 Å². The van der Waals surface area contributed by atoms with E-state index in [1.165, 1.54) is 25.1 Å². The number of benzene rings is 2. The Balaban J connectivity index is 1.42. The molecule has 0 saturated carbocycles. The lowest BCUT2D eigenvalue weighted by molar-refractivity contribution is 0.103. The van der Waals surface area contributed by atoms with Crippen LogP contribution in [-0.4, -0.2) is 53.1 Å². The zero-order valence-corrected chi connectivity index (χ0v) is 19.2. The molecule has 3 N–H and O–H groups in total. The molecule has 3 aromatic rings. The van der Waals surface area contributed by atoms with E-state index in [1.807, 2.05) is 24.3 Å². The minimum Gasteiger partial charge on any atom is -0.475 e. The molecule has 0 radical (unpaired) electrons. The number of nitrogens with one attached hydrogen (secondary N) is 1. The SMILES string of the molecule is C=CC=N/C(Oc1ccc(C(=O)c2nc3ccccc3[nH]2)cc1)=C(\N)OCCC1CCCN1C. The Morgan fingerprint density at radius 3 is 2.79 bits per heavy atom. The molecule has 34 heavy (non-hydrogen) atoms. The van der Waals surface area contributed by atoms with Crippen LogP contribution >= 0.6 is 0 Å². The number of carbonyl (C=O) groups is 1. The summed E-state index contributed by atoms with van der Waals surface area (Å²) in [5.41, 5.74) is 8.17. The summed E-state index contributed by atoms with van der Waals surface area (Å²) in [5.74, 6) is 0.788. The van der Waals surface area contributed by atoms with Gasteiger partial charge in [0.15, 0.2) is 5.82 Å². The fourth-order valence-electron chi connectivity index (χ4n) is 3.95. The van der Waals surface area contributed by atoms with Gasteiger partial charge in [0.25, 0.3) is 5.88 Å². The number of aromatic nitrogens is 2. The van der Waals surface area contributed by atoms with E-state index >= 15 is 0 Å². The minimum atomic E-state index is -0.206. The highest BCUT2D eigenvalue weighted by Crippen LogP contribution is 2.21. The third-order valence-corrected chi connectivity index (χ3v) is 5.82. The average Bonchev–Trinajstić information content (AvgIpc) is 3.47. The summed E-state index contributed by atoms with van der Waals surface area (Å²) in [5, 5.41) is 0. The molecule has 1 saturated heterocycles. The fourth-order valence-corrected chi connectivity index (χ4v) is 3.95. The Labute approximate surface area is 198 Å². The quantitative estimate of drug-likeness (QED) is 0.270. The van der Waals surface area contributed by atoms with Crippen molar-refractivity contribution in [2.75, 3.05) is 20.2 Å². The van der Waals surface area contributed by atoms with Crippen molar-refractivity contribution in [1.29, 1.82) is 0 Å². The number of H-pyrrole nitrogens is 1. The van der Waals surface area contributed by atoms with Crippen LogP contribution in [0.5, 0.6) is 5.75 Å². The molecule has 1 fully saturated rings. The monoisotopic (exact) mass is 459 g/mol. The Hall–Kier alpha value is -3.91. The van der Waals surface area contributed by atoms with Crippen LogP contribution in [0.15, 0.2) is 77.9 Å². The number of para-hydroxylation sites is 2. The maximum absolute atomic E-state index is 12.8. The number of likely N-dealkylation sites (tertiary alicyclic amines) is 1. The Morgan fingerprint density at radius 2 is 2.09 bits per heavy atom. The highest BCUT2D eigenvalue weighted by Gasteiger charge is 2.21. The van der Waals surface area contributed by atoms with Gasteiger partial charge in [-0.1, -0.05) is 24.8 Å². The van der Waals surface area contributed by atoms with Crippen LogP contribution in [0, 0.1) is 0 Å². The summed E-state index contributed by atoms with van der Waals surface area (Å²) in [6, 6.07) is 14.7. The number of carbonyl (C=O) groups excluding carboxylic acids is 1. The third-order valence-electron chi connectivity index (χ3n) is 5.82. The Kier molecular flexibility index (Phi) is 7.39. The van der Waals surface area contributed by atoms with Gasteiger partial charge in [-0.2, -0.15) is 0 Å². The summed E-state index contributed by atoms with van der Waals surface area (Å²) in [7, 11) is 2.13. The molecular weight excluding hydrogens is 430 g/mol. The average molecular weight is 460 g/mol. The van der Waals surface area contributed by atoms with Gasteiger partial charge in [-0.05, 0) is 69.3 Å². The molecule has 176 valence electrons. The number of aromatic amines is 1. The van der Waals surface area contributed by atoms with Gasteiger partial charge in [0.1, 0.15) is 5.75 Å². The second kappa shape index (κ2) is 10.8. The molecule has 0 aliphatic carbocycles. The number of hydrogen-bond acceptors (Lipinski definition) is 7. The van der Waals surface area contributed by atoms with Crippen LogP contribution in [0.2, 0.25) is 0 Å². The molecule has 0 amide bonds. The van der Waals surface area contributed by atoms with E-state index in [0.29, 0.717) is 24.0 Å². The van der Waals surface area contributed by atoms with E-state index in [0.717, 1.165) is 24.0 Å². The number of rotatable bonds is 10. The lowest BCUT2D eigenvalue weighted by atomic mass is 10.1. The zero-order chi connectivity index (χ0) is 23.9. The smallest absolute Gasteiger partial charge is 0.280 e. The maximum atomic E-state index is 12.8. The first-order valence-electron chi connectivity index (χ1n) is 11.3. The Morgan fingerprint density at radius 1 is 1.29 bits per heavy atom. The van der Waals surface area contributed by atoms with Gasteiger partial charge >= 0.3 is 0 Å². The van der Waals surface area contributed by atoms with Crippen molar-refractivity contribution >= 4 is 23.0 Å². The first-order chi connectivity index (χ1) is 16.5. The molecule has 8 heteroatoms. The first kappa shape index (κ1) is 23.3. The summed E-state index contributed by atoms with van der Waals surface area (Å²) in [6.45, 7) is 5.22. The van der Waals surface area contributed by atoms with E-state index in [2.05, 4.69) is 33.5 Å². The number of ketones is 1. The predicted octanol–water partition coefficient (Wildman–Crippen LogP) is 4.02. The van der Waals surface area contributed by atoms with Gasteiger partial charge in [-0.15, -0.1) is 0 Å². The molecular formula is C26H29N5O3. The molecule has 1 aliphatic rings. The van der Waals surface area contributed by atoms with E-state index < -0.39 is 0 Å². The number of fused-ring (bicyclic) bond motifs is 1. The number of nitrogens with zero attached hydrogens (tertiary/aromatic N) is 3. The molecule has 1 unspecified atom stereocenters. The third kappa shape index (κ3) is 5.52. The molecule has 1 atom stereocenters. The number of ether oxygens (including phenoxy) is 2. The molecule has 0 bridgehead atoms. The summed E-state index contributed by atoms with van der Waals surface area (Å²) >= 11 is 0. The van der Waals surface area contributed by atoms with Crippen molar-refractivity contribution < 1.29 is 14.3 Å². The van der Waals surface area contributed by atoms with Crippen molar-refractivity contribution in [3.05, 3.63) is 84.3 Å². The highest BCUT2D eigenvalue weighted by molar-refractivity contribution is 6.08. The Bertz CT molecular complexity index is 1180. The number of allylic oxidation sites excluding steroid dienone is 1. The predicted molar refractivity (Wildman–Crippen MR) is 133 cm³/mol. The highest BCUT2D eigenvalue weighted by atomic mass is 16.5. The molecule has 2 aromatic carbocycles. The van der Waals surface area contributed by atoms with Gasteiger partial charge in [0.2, 0.25) is 11.7 Å². The maximum Gasteiger partial charge on any atom is 0.280 e. The molecule has 4 rings (SSSR count). The summed E-state index contributed by atoms with van der Waals surface area (Å²) in [4.78, 5) is 26.8. The van der Waals surface area contributed by atoms with Crippen LogP contribution in [0.25, 0.3) is 11.0 Å². The van der Waals surface area contributed by atoms with Crippen molar-refractivity contribution in [3.63, 3.8) is 0 Å². The van der Waals surface area contributed by atoms with E-state index in [9.17, 15) is 4.79 Å². The van der Waals surface area contributed by atoms with Crippen LogP contribution < -0.4 is 10.5 Å². The second-order valence-corrected chi connectivity index (χ2v) is 8.16. The van der Waals surface area contributed by atoms with Gasteiger partial charge in [-0.25, -0.2) is 9.98 Å². The van der Waals surface area contributed by atoms with E-state index in [1.54, 1.807) is 24.3 Å². The first-order valence-corrected chi connectivity index (χ1v) is 11.3. The van der Waals surface area contributed by atoms with Gasteiger partial charge in [0, 0.05) is 17.8 Å². The lowest BCUT2D eigenvalue weighted by Gasteiger charge is -2.19. The number of nitrogens with two attached hydrogens (primary N) is 1. The number of aliphatic imine (C=N–C) groups is 1. The molecule has 2 heterocycles. The van der Waals surface area contributed by atoms with Crippen molar-refractivity contribution in [1.82, 2.24) is 14.9 Å². The number of imidazole rings is 1. The van der Waals surface area contributed by atoms with E-state index in [4.69, 9.17) is 15.2 Å². The lowest BCUT2D eigenvalue weighted by Crippen LogP contribution is -2.26. The van der Waals surface area contributed by atoms with E-state index in [-0.39, 0.29) is 23.4 Å². The molecule has 8 nitrogen and oxygen atoms in total. The largest absolute Gasteiger partial charge is 0.475 e. The molecule has 0 spiro atoms. The second-order valence-electron chi connectivity index (χ2n) is 8.16. The van der Waals surface area contributed by atoms with Crippen LogP contribution in [0.3, 0.4) is 0 Å².